The molecule has 0 aliphatic carbocycles. The predicted octanol–water partition coefficient (Wildman–Crippen LogP) is 4.87. The second kappa shape index (κ2) is 11.2. The maximum atomic E-state index is 13.5. The van der Waals surface area contributed by atoms with Crippen LogP contribution in [0.1, 0.15) is 41.3 Å². The first-order valence-corrected chi connectivity index (χ1v) is 13.1. The molecule has 1 aliphatic rings. The van der Waals surface area contributed by atoms with Gasteiger partial charge < -0.3 is 19.4 Å². The molecular formula is C31H29N3O7. The highest BCUT2D eigenvalue weighted by atomic mass is 16.6. The summed E-state index contributed by atoms with van der Waals surface area (Å²) in [5.41, 5.74) is 2.13. The van der Waals surface area contributed by atoms with Gasteiger partial charge in [0, 0.05) is 39.7 Å². The number of aromatic nitrogens is 1. The molecule has 5 rings (SSSR count). The summed E-state index contributed by atoms with van der Waals surface area (Å²) in [5.74, 6) is -2.97. The highest BCUT2D eigenvalue weighted by Gasteiger charge is 2.50. The Bertz CT molecular complexity index is 1600. The fraction of sp³-hybridized carbons (Fsp3) is 0.258. The lowest BCUT2D eigenvalue weighted by Crippen LogP contribution is -2.38. The molecule has 0 saturated carbocycles. The zero-order chi connectivity index (χ0) is 29.1. The number of nitro groups is 1. The fourth-order valence-electron chi connectivity index (χ4n) is 5.09. The number of amides is 1. The summed E-state index contributed by atoms with van der Waals surface area (Å²) in [6.45, 7) is 3.31. The molecule has 10 nitrogen and oxygen atoms in total. The zero-order valence-corrected chi connectivity index (χ0v) is 22.6. The van der Waals surface area contributed by atoms with Crippen molar-refractivity contribution >= 4 is 34.4 Å². The third-order valence-electron chi connectivity index (χ3n) is 7.24. The van der Waals surface area contributed by atoms with Crippen molar-refractivity contribution < 1.29 is 28.8 Å². The van der Waals surface area contributed by atoms with E-state index in [1.54, 1.807) is 56.4 Å². The third-order valence-corrected chi connectivity index (χ3v) is 7.24. The minimum atomic E-state index is -1.19. The van der Waals surface area contributed by atoms with Crippen LogP contribution in [0.2, 0.25) is 0 Å². The Morgan fingerprint density at radius 2 is 1.73 bits per heavy atom. The first-order valence-electron chi connectivity index (χ1n) is 13.1. The van der Waals surface area contributed by atoms with Crippen LogP contribution in [-0.4, -0.2) is 46.9 Å². The molecule has 1 amide bonds. The Morgan fingerprint density at radius 1 is 1.05 bits per heavy atom. The van der Waals surface area contributed by atoms with Crippen LogP contribution in [-0.2, 0) is 25.7 Å². The van der Waals surface area contributed by atoms with Gasteiger partial charge in [0.05, 0.1) is 5.56 Å². The van der Waals surface area contributed by atoms with Crippen molar-refractivity contribution in [3.8, 4) is 0 Å². The molecule has 10 heteroatoms. The molecule has 2 heterocycles. The van der Waals surface area contributed by atoms with Gasteiger partial charge in [0.15, 0.2) is 6.10 Å². The number of fused-ring (bicyclic) bond motifs is 1. The summed E-state index contributed by atoms with van der Waals surface area (Å²) < 4.78 is 11.1. The van der Waals surface area contributed by atoms with Crippen molar-refractivity contribution in [2.24, 2.45) is 5.41 Å². The number of rotatable bonds is 9. The zero-order valence-electron chi connectivity index (χ0n) is 22.6. The van der Waals surface area contributed by atoms with E-state index in [4.69, 9.17) is 9.47 Å². The van der Waals surface area contributed by atoms with Crippen LogP contribution in [0.3, 0.4) is 0 Å². The number of carbonyl (C=O) groups excluding carboxylic acids is 3. The van der Waals surface area contributed by atoms with E-state index in [0.717, 1.165) is 11.1 Å². The molecule has 1 aromatic heterocycles. The van der Waals surface area contributed by atoms with E-state index in [9.17, 15) is 24.5 Å². The molecule has 1 aliphatic heterocycles. The Kier molecular flexibility index (Phi) is 7.56. The van der Waals surface area contributed by atoms with Gasteiger partial charge in [-0.05, 0) is 41.5 Å². The Morgan fingerprint density at radius 3 is 2.44 bits per heavy atom. The summed E-state index contributed by atoms with van der Waals surface area (Å²) >= 11 is 0. The molecule has 0 unspecified atom stereocenters. The summed E-state index contributed by atoms with van der Waals surface area (Å²) in [6.07, 6.45) is 0.422. The minimum absolute atomic E-state index is 0.142. The van der Waals surface area contributed by atoms with Crippen molar-refractivity contribution in [3.05, 3.63) is 112 Å². The number of esters is 2. The SMILES string of the molecule is CC1(C)CN(c2ccc(C(=O)OCc3ccccc3)cc2)C(=O)[C@@H]1OC(=O)[C@H](C[N+](=O)[O-])c1c[nH]c2ccccc12. The van der Waals surface area contributed by atoms with Gasteiger partial charge in [0.2, 0.25) is 6.54 Å². The minimum Gasteiger partial charge on any atom is -0.457 e. The first kappa shape index (κ1) is 27.6. The first-order chi connectivity index (χ1) is 19.6. The highest BCUT2D eigenvalue weighted by Crippen LogP contribution is 2.37. The number of ether oxygens (including phenoxy) is 2. The van der Waals surface area contributed by atoms with E-state index >= 15 is 0 Å². The summed E-state index contributed by atoms with van der Waals surface area (Å²) in [6, 6.07) is 22.9. The standard InChI is InChI=1S/C31H29N3O7/c1-31(2)19-33(22-14-12-21(13-15-22)29(36)40-18-20-8-4-3-5-9-20)28(35)27(31)41-30(37)25(17-34(38)39)24-16-32-26-11-7-6-10-23(24)26/h3-16,25,27,32H,17-19H2,1-2H3/t25-,27+/m1/s1. The van der Waals surface area contributed by atoms with Crippen molar-refractivity contribution in [3.63, 3.8) is 0 Å². The van der Waals surface area contributed by atoms with E-state index in [2.05, 4.69) is 4.98 Å². The quantitative estimate of drug-likeness (QED) is 0.177. The van der Waals surface area contributed by atoms with Gasteiger partial charge in [-0.15, -0.1) is 0 Å². The molecule has 2 atom stereocenters. The van der Waals surface area contributed by atoms with Crippen molar-refractivity contribution in [1.82, 2.24) is 4.98 Å². The van der Waals surface area contributed by atoms with Crippen molar-refractivity contribution in [2.75, 3.05) is 18.0 Å². The summed E-state index contributed by atoms with van der Waals surface area (Å²) in [7, 11) is 0. The molecular weight excluding hydrogens is 526 g/mol. The van der Waals surface area contributed by atoms with E-state index in [1.807, 2.05) is 42.5 Å². The van der Waals surface area contributed by atoms with Crippen molar-refractivity contribution in [2.45, 2.75) is 32.5 Å². The van der Waals surface area contributed by atoms with Gasteiger partial charge in [0.1, 0.15) is 12.5 Å². The number of anilines is 1. The number of aromatic amines is 1. The van der Waals surface area contributed by atoms with E-state index in [-0.39, 0.29) is 13.2 Å². The van der Waals surface area contributed by atoms with Gasteiger partial charge in [0.25, 0.3) is 5.91 Å². The number of carbonyl (C=O) groups is 3. The fourth-order valence-corrected chi connectivity index (χ4v) is 5.09. The van der Waals surface area contributed by atoms with Crippen LogP contribution in [0.4, 0.5) is 5.69 Å². The second-order valence-corrected chi connectivity index (χ2v) is 10.7. The monoisotopic (exact) mass is 555 g/mol. The molecule has 3 aromatic carbocycles. The number of H-pyrrole nitrogens is 1. The van der Waals surface area contributed by atoms with Crippen LogP contribution in [0.15, 0.2) is 85.1 Å². The second-order valence-electron chi connectivity index (χ2n) is 10.7. The molecule has 0 radical (unpaired) electrons. The molecule has 0 spiro atoms. The predicted molar refractivity (Wildman–Crippen MR) is 151 cm³/mol. The number of hydrogen-bond donors (Lipinski definition) is 1. The molecule has 1 fully saturated rings. The largest absolute Gasteiger partial charge is 0.457 e. The lowest BCUT2D eigenvalue weighted by Gasteiger charge is -2.24. The van der Waals surface area contributed by atoms with Gasteiger partial charge in [-0.25, -0.2) is 4.79 Å². The molecule has 1 N–H and O–H groups in total. The maximum Gasteiger partial charge on any atom is 0.338 e. The van der Waals surface area contributed by atoms with Crippen LogP contribution in [0.25, 0.3) is 10.9 Å². The molecule has 0 bridgehead atoms. The summed E-state index contributed by atoms with van der Waals surface area (Å²) in [4.78, 5) is 54.8. The summed E-state index contributed by atoms with van der Waals surface area (Å²) in [5, 5.41) is 12.2. The number of hydrogen-bond acceptors (Lipinski definition) is 7. The van der Waals surface area contributed by atoms with Crippen LogP contribution in [0, 0.1) is 15.5 Å². The van der Waals surface area contributed by atoms with E-state index in [0.29, 0.717) is 22.2 Å². The van der Waals surface area contributed by atoms with Crippen LogP contribution in [0.5, 0.6) is 0 Å². The van der Waals surface area contributed by atoms with Crippen LogP contribution < -0.4 is 4.90 Å². The Hall–Kier alpha value is -4.99. The Balaban J connectivity index is 1.30. The topological polar surface area (TPSA) is 132 Å². The van der Waals surface area contributed by atoms with Gasteiger partial charge >= 0.3 is 11.9 Å². The normalized spacial score (nSPS) is 16.9. The number of nitrogens with one attached hydrogen (secondary N) is 1. The van der Waals surface area contributed by atoms with E-state index in [1.165, 1.54) is 4.90 Å². The number of benzene rings is 3. The maximum absolute atomic E-state index is 13.5. The average molecular weight is 556 g/mol. The number of nitrogens with zero attached hydrogens (tertiary/aromatic N) is 2. The van der Waals surface area contributed by atoms with E-state index < -0.39 is 46.8 Å². The van der Waals surface area contributed by atoms with Crippen molar-refractivity contribution in [1.29, 1.82) is 0 Å². The lowest BCUT2D eigenvalue weighted by molar-refractivity contribution is -0.481. The number of para-hydroxylation sites is 1. The van der Waals surface area contributed by atoms with Gasteiger partial charge in [-0.1, -0.05) is 62.4 Å². The molecule has 4 aromatic rings. The average Bonchev–Trinajstić information content (AvgIpc) is 3.49. The van der Waals surface area contributed by atoms with Crippen LogP contribution >= 0.6 is 0 Å². The molecule has 41 heavy (non-hydrogen) atoms. The highest BCUT2D eigenvalue weighted by molar-refractivity contribution is 6.02. The van der Waals surface area contributed by atoms with Gasteiger partial charge in [-0.2, -0.15) is 0 Å². The third kappa shape index (κ3) is 5.81. The smallest absolute Gasteiger partial charge is 0.338 e. The lowest BCUT2D eigenvalue weighted by atomic mass is 9.89. The molecule has 1 saturated heterocycles. The van der Waals surface area contributed by atoms with Gasteiger partial charge in [-0.3, -0.25) is 19.7 Å². The molecule has 210 valence electrons. The Labute approximate surface area is 236 Å².